The number of halogens is 2. The van der Waals surface area contributed by atoms with Gasteiger partial charge < -0.3 is 30.4 Å². The highest BCUT2D eigenvalue weighted by molar-refractivity contribution is 6.02. The van der Waals surface area contributed by atoms with Gasteiger partial charge in [0.05, 0.1) is 13.2 Å². The minimum absolute atomic E-state index is 0.00390. The van der Waals surface area contributed by atoms with E-state index >= 15 is 0 Å². The molecule has 1 aliphatic heterocycles. The van der Waals surface area contributed by atoms with Crippen molar-refractivity contribution in [1.29, 1.82) is 0 Å². The van der Waals surface area contributed by atoms with Crippen molar-refractivity contribution in [3.63, 3.8) is 0 Å². The molecular formula is C25H32F2N4O6. The molecule has 202 valence electrons. The number of methoxy groups -OCH3 is 1. The van der Waals surface area contributed by atoms with E-state index in [1.807, 2.05) is 13.8 Å². The second kappa shape index (κ2) is 12.6. The summed E-state index contributed by atoms with van der Waals surface area (Å²) in [5.74, 6) is -2.25. The third-order valence-electron chi connectivity index (χ3n) is 6.16. The second-order valence-corrected chi connectivity index (χ2v) is 9.37. The lowest BCUT2D eigenvalue weighted by molar-refractivity contribution is -0.152. The number of rotatable bonds is 13. The molecule has 0 saturated carbocycles. The molecule has 10 nitrogen and oxygen atoms in total. The first-order valence-corrected chi connectivity index (χ1v) is 12.1. The summed E-state index contributed by atoms with van der Waals surface area (Å²) >= 11 is 0. The number of alkyl halides is 2. The minimum atomic E-state index is -3.15. The number of fused-ring (bicyclic) bond motifs is 1. The molecule has 3 unspecified atom stereocenters. The molecule has 2 aromatic rings. The molecule has 3 amide bonds. The van der Waals surface area contributed by atoms with E-state index in [0.29, 0.717) is 29.6 Å². The number of nitrogens with one attached hydrogen (secondary N) is 4. The van der Waals surface area contributed by atoms with Gasteiger partial charge in [-0.1, -0.05) is 19.9 Å². The van der Waals surface area contributed by atoms with Gasteiger partial charge in [-0.05, 0) is 43.4 Å². The Morgan fingerprint density at radius 1 is 1.16 bits per heavy atom. The lowest BCUT2D eigenvalue weighted by Gasteiger charge is -2.25. The predicted molar refractivity (Wildman–Crippen MR) is 130 cm³/mol. The Labute approximate surface area is 212 Å². The third kappa shape index (κ3) is 7.48. The summed E-state index contributed by atoms with van der Waals surface area (Å²) in [6.07, 6.45) is 0.636. The van der Waals surface area contributed by atoms with Crippen molar-refractivity contribution in [2.75, 3.05) is 20.3 Å². The van der Waals surface area contributed by atoms with Gasteiger partial charge in [-0.2, -0.15) is 8.78 Å². The molecule has 0 radical (unpaired) electrons. The summed E-state index contributed by atoms with van der Waals surface area (Å²) in [5, 5.41) is 8.59. The number of hydrogen-bond donors (Lipinski definition) is 4. The highest BCUT2D eigenvalue weighted by Gasteiger charge is 2.33. The van der Waals surface area contributed by atoms with E-state index in [9.17, 15) is 28.0 Å². The van der Waals surface area contributed by atoms with Crippen LogP contribution in [0.1, 0.15) is 43.6 Å². The number of hydrogen-bond acceptors (Lipinski definition) is 6. The average molecular weight is 523 g/mol. The monoisotopic (exact) mass is 522 g/mol. The number of H-pyrrole nitrogens is 1. The summed E-state index contributed by atoms with van der Waals surface area (Å²) in [4.78, 5) is 53.9. The van der Waals surface area contributed by atoms with Gasteiger partial charge >= 0.3 is 6.61 Å². The molecule has 0 spiro atoms. The van der Waals surface area contributed by atoms with E-state index in [1.165, 1.54) is 7.11 Å². The van der Waals surface area contributed by atoms with Crippen molar-refractivity contribution in [2.45, 2.75) is 51.8 Å². The van der Waals surface area contributed by atoms with Gasteiger partial charge in [-0.15, -0.1) is 0 Å². The Hall–Kier alpha value is -3.54. The van der Waals surface area contributed by atoms with Gasteiger partial charge in [0.25, 0.3) is 5.91 Å². The number of benzene rings is 1. The Morgan fingerprint density at radius 3 is 2.54 bits per heavy atom. The van der Waals surface area contributed by atoms with E-state index < -0.39 is 48.8 Å². The van der Waals surface area contributed by atoms with E-state index in [4.69, 9.17) is 4.74 Å². The molecule has 2 heterocycles. The predicted octanol–water partition coefficient (Wildman–Crippen LogP) is 2.14. The maximum absolute atomic E-state index is 13.2. The molecule has 0 bridgehead atoms. The molecular weight excluding hydrogens is 490 g/mol. The van der Waals surface area contributed by atoms with Crippen molar-refractivity contribution in [3.8, 4) is 5.75 Å². The average Bonchev–Trinajstić information content (AvgIpc) is 3.47. The van der Waals surface area contributed by atoms with E-state index in [-0.39, 0.29) is 30.4 Å². The van der Waals surface area contributed by atoms with Crippen LogP contribution >= 0.6 is 0 Å². The Bertz CT molecular complexity index is 1140. The highest BCUT2D eigenvalue weighted by Crippen LogP contribution is 2.26. The topological polar surface area (TPSA) is 139 Å². The highest BCUT2D eigenvalue weighted by atomic mass is 19.3. The number of aromatic nitrogens is 1. The zero-order valence-electron chi connectivity index (χ0n) is 20.9. The standard InChI is InChI=1S/C25H32F2N4O6/c1-13(2)9-18(31-24(35)19-11-15-16(29-19)5-4-6-21(15)36-3)23(34)30-17(20(32)12-37-25(26)27)10-14-7-8-28-22(14)33/h4-6,11,13-14,17-18,25,29H,7-10,12H2,1-3H3,(H,28,33)(H,30,34)(H,31,35). The van der Waals surface area contributed by atoms with Crippen LogP contribution in [0, 0.1) is 11.8 Å². The molecule has 3 rings (SSSR count). The molecule has 1 fully saturated rings. The van der Waals surface area contributed by atoms with Crippen LogP contribution in [-0.4, -0.2) is 67.4 Å². The molecule has 4 N–H and O–H groups in total. The normalized spacial score (nSPS) is 17.1. The SMILES string of the molecule is COc1cccc2[nH]c(C(=O)NC(CC(C)C)C(=O)NC(CC3CCNC3=O)C(=O)COC(F)F)cc12. The fourth-order valence-corrected chi connectivity index (χ4v) is 4.31. The van der Waals surface area contributed by atoms with Crippen LogP contribution in [-0.2, 0) is 19.1 Å². The van der Waals surface area contributed by atoms with Gasteiger partial charge in [0.1, 0.15) is 24.1 Å². The molecule has 12 heteroatoms. The number of aromatic amines is 1. The Morgan fingerprint density at radius 2 is 1.92 bits per heavy atom. The number of Topliss-reactive ketones (excluding diaryl/α,β-unsaturated/α-hetero) is 1. The van der Waals surface area contributed by atoms with Crippen LogP contribution in [0.25, 0.3) is 10.9 Å². The van der Waals surface area contributed by atoms with E-state index in [2.05, 4.69) is 25.7 Å². The number of ketones is 1. The summed E-state index contributed by atoms with van der Waals surface area (Å²) in [5.41, 5.74) is 0.885. The molecule has 1 aromatic carbocycles. The van der Waals surface area contributed by atoms with Crippen molar-refractivity contribution >= 4 is 34.4 Å². The van der Waals surface area contributed by atoms with Gasteiger partial charge in [-0.25, -0.2) is 0 Å². The fraction of sp³-hybridized carbons (Fsp3) is 0.520. The van der Waals surface area contributed by atoms with E-state index in [0.717, 1.165) is 0 Å². The largest absolute Gasteiger partial charge is 0.496 e. The summed E-state index contributed by atoms with van der Waals surface area (Å²) in [7, 11) is 1.52. The number of carbonyl (C=O) groups excluding carboxylic acids is 4. The third-order valence-corrected chi connectivity index (χ3v) is 6.16. The van der Waals surface area contributed by atoms with Crippen molar-refractivity contribution in [2.24, 2.45) is 11.8 Å². The van der Waals surface area contributed by atoms with Gasteiger partial charge in [0.2, 0.25) is 11.8 Å². The number of amides is 3. The first kappa shape index (κ1) is 28.0. The van der Waals surface area contributed by atoms with Crippen molar-refractivity contribution < 1.29 is 37.4 Å². The Kier molecular flexibility index (Phi) is 9.56. The molecule has 1 aliphatic rings. The summed E-state index contributed by atoms with van der Waals surface area (Å²) in [6, 6.07) is 4.67. The first-order valence-electron chi connectivity index (χ1n) is 12.1. The van der Waals surface area contributed by atoms with Crippen LogP contribution in [0.5, 0.6) is 5.75 Å². The fourth-order valence-electron chi connectivity index (χ4n) is 4.31. The summed E-state index contributed by atoms with van der Waals surface area (Å²) in [6.45, 7) is 0.0742. The second-order valence-electron chi connectivity index (χ2n) is 9.37. The Balaban J connectivity index is 1.76. The molecule has 1 saturated heterocycles. The van der Waals surface area contributed by atoms with Gasteiger partial charge in [0.15, 0.2) is 5.78 Å². The van der Waals surface area contributed by atoms with Crippen LogP contribution in [0.2, 0.25) is 0 Å². The lowest BCUT2D eigenvalue weighted by Crippen LogP contribution is -2.53. The maximum Gasteiger partial charge on any atom is 0.345 e. The number of carbonyl (C=O) groups is 4. The van der Waals surface area contributed by atoms with Crippen LogP contribution in [0.4, 0.5) is 8.78 Å². The molecule has 37 heavy (non-hydrogen) atoms. The molecule has 3 atom stereocenters. The maximum atomic E-state index is 13.2. The van der Waals surface area contributed by atoms with Gasteiger partial charge in [0, 0.05) is 23.4 Å². The van der Waals surface area contributed by atoms with E-state index in [1.54, 1.807) is 24.3 Å². The van der Waals surface area contributed by atoms with Crippen molar-refractivity contribution in [3.05, 3.63) is 30.0 Å². The summed E-state index contributed by atoms with van der Waals surface area (Å²) < 4.78 is 34.5. The van der Waals surface area contributed by atoms with Crippen LogP contribution in [0.3, 0.4) is 0 Å². The zero-order valence-corrected chi connectivity index (χ0v) is 20.9. The quantitative estimate of drug-likeness (QED) is 0.318. The molecule has 0 aliphatic carbocycles. The lowest BCUT2D eigenvalue weighted by atomic mass is 9.95. The van der Waals surface area contributed by atoms with Crippen LogP contribution < -0.4 is 20.7 Å². The van der Waals surface area contributed by atoms with Gasteiger partial charge in [-0.3, -0.25) is 19.2 Å². The zero-order chi connectivity index (χ0) is 27.1. The number of ether oxygens (including phenoxy) is 2. The molecule has 1 aromatic heterocycles. The minimum Gasteiger partial charge on any atom is -0.496 e. The smallest absolute Gasteiger partial charge is 0.345 e. The van der Waals surface area contributed by atoms with Crippen LogP contribution in [0.15, 0.2) is 24.3 Å². The first-order chi connectivity index (χ1) is 17.6. The van der Waals surface area contributed by atoms with Crippen molar-refractivity contribution in [1.82, 2.24) is 20.9 Å².